The second-order valence-electron chi connectivity index (χ2n) is 24.1. The molecule has 0 N–H and O–H groups in total. The van der Waals surface area contributed by atoms with Crippen molar-refractivity contribution in [2.24, 2.45) is 0 Å². The normalized spacial score (nSPS) is 12.5. The minimum atomic E-state index is -0.779. The van der Waals surface area contributed by atoms with Crippen LogP contribution in [-0.2, 0) is 28.6 Å². The molecular weight excluding hydrogens is 1010 g/mol. The smallest absolute Gasteiger partial charge is 0.306 e. The van der Waals surface area contributed by atoms with Gasteiger partial charge in [-0.1, -0.05) is 338 Å². The number of hydrogen-bond donors (Lipinski definition) is 0. The van der Waals surface area contributed by atoms with Gasteiger partial charge in [-0.15, -0.1) is 0 Å². The van der Waals surface area contributed by atoms with E-state index in [0.717, 1.165) is 96.3 Å². The molecule has 0 fully saturated rings. The van der Waals surface area contributed by atoms with Crippen LogP contribution in [-0.4, -0.2) is 37.2 Å². The monoisotopic (exact) mass is 1150 g/mol. The summed E-state index contributed by atoms with van der Waals surface area (Å²) in [6.07, 6.45) is 92.5. The summed E-state index contributed by atoms with van der Waals surface area (Å²) in [6.45, 7) is 6.54. The highest BCUT2D eigenvalue weighted by atomic mass is 16.6. The Hall–Kier alpha value is -3.15. The third kappa shape index (κ3) is 67.6. The molecule has 0 amide bonds. The summed E-state index contributed by atoms with van der Waals surface area (Å²) in [4.78, 5) is 38.2. The van der Waals surface area contributed by atoms with Crippen molar-refractivity contribution in [2.45, 2.75) is 380 Å². The van der Waals surface area contributed by atoms with Crippen LogP contribution in [0.25, 0.3) is 0 Å². The summed E-state index contributed by atoms with van der Waals surface area (Å²) in [5.41, 5.74) is 0. The fourth-order valence-corrected chi connectivity index (χ4v) is 10.6. The number of carbonyl (C=O) groups excluding carboxylic acids is 3. The lowest BCUT2D eigenvalue weighted by molar-refractivity contribution is -0.167. The Bertz CT molecular complexity index is 1500. The van der Waals surface area contributed by atoms with Crippen molar-refractivity contribution in [3.05, 3.63) is 72.9 Å². The van der Waals surface area contributed by atoms with E-state index in [0.29, 0.717) is 19.3 Å². The molecule has 0 aliphatic heterocycles. The van der Waals surface area contributed by atoms with Gasteiger partial charge in [-0.3, -0.25) is 14.4 Å². The van der Waals surface area contributed by atoms with Gasteiger partial charge in [0.2, 0.25) is 0 Å². The standard InChI is InChI=1S/C76H136O6/c1-4-7-10-13-16-19-21-23-25-27-29-31-33-34-35-36-37-38-39-40-41-42-44-45-47-49-51-53-55-57-60-63-66-69-75(78)81-72-73(71-80-74(77)68-65-62-59-18-15-12-9-6-3)82-76(79)70-67-64-61-58-56-54-52-50-48-46-43-32-30-28-26-24-22-20-17-14-11-8-5-2/h8,11,17,20,24,26-27,29-30,32,46,48,73H,4-7,9-10,12-16,18-19,21-23,25,28,31,33-45,47,49-72H2,1-3H3/b11-8-,20-17-,26-24-,29-27-,32-30-,48-46-. The number of ether oxygens (including phenoxy) is 3. The third-order valence-corrected chi connectivity index (χ3v) is 15.9. The molecule has 0 aromatic rings. The maximum Gasteiger partial charge on any atom is 0.306 e. The number of carbonyl (C=O) groups is 3. The SMILES string of the molecule is CC/C=C\C/C=C\C/C=C\C/C=C\C/C=C\CCCCCCCCCC(=O)OC(COC(=O)CCCCCCCCCC)COC(=O)CCCCCCCCCCCCCCCCCCCCCCC/C=C\CCCCCCCCCC. The molecule has 0 radical (unpaired) electrons. The van der Waals surface area contributed by atoms with Crippen LogP contribution >= 0.6 is 0 Å². The fourth-order valence-electron chi connectivity index (χ4n) is 10.6. The summed E-state index contributed by atoms with van der Waals surface area (Å²) < 4.78 is 16.9. The first kappa shape index (κ1) is 78.8. The minimum absolute atomic E-state index is 0.0758. The zero-order valence-electron chi connectivity index (χ0n) is 54.8. The predicted molar refractivity (Wildman–Crippen MR) is 358 cm³/mol. The van der Waals surface area contributed by atoms with E-state index in [1.807, 2.05) is 0 Å². The second kappa shape index (κ2) is 70.3. The highest BCUT2D eigenvalue weighted by molar-refractivity contribution is 5.71. The summed E-state index contributed by atoms with van der Waals surface area (Å²) in [6, 6.07) is 0. The topological polar surface area (TPSA) is 78.9 Å². The fraction of sp³-hybridized carbons (Fsp3) is 0.803. The van der Waals surface area contributed by atoms with E-state index in [-0.39, 0.29) is 31.1 Å². The van der Waals surface area contributed by atoms with Gasteiger partial charge in [0.1, 0.15) is 13.2 Å². The molecule has 0 aromatic heterocycles. The van der Waals surface area contributed by atoms with Gasteiger partial charge >= 0.3 is 17.9 Å². The molecule has 0 saturated heterocycles. The molecule has 0 aliphatic carbocycles. The molecule has 0 aliphatic rings. The van der Waals surface area contributed by atoms with Gasteiger partial charge in [-0.05, 0) is 89.9 Å². The van der Waals surface area contributed by atoms with Crippen LogP contribution in [0.1, 0.15) is 374 Å². The van der Waals surface area contributed by atoms with E-state index in [2.05, 4.69) is 93.7 Å². The van der Waals surface area contributed by atoms with Gasteiger partial charge < -0.3 is 14.2 Å². The first-order chi connectivity index (χ1) is 40.5. The van der Waals surface area contributed by atoms with Crippen molar-refractivity contribution in [3.8, 4) is 0 Å². The van der Waals surface area contributed by atoms with Crippen LogP contribution in [0.4, 0.5) is 0 Å². The highest BCUT2D eigenvalue weighted by Crippen LogP contribution is 2.18. The molecule has 1 unspecified atom stereocenters. The van der Waals surface area contributed by atoms with Crippen LogP contribution in [0.2, 0.25) is 0 Å². The largest absolute Gasteiger partial charge is 0.462 e. The Labute approximate surface area is 510 Å². The Kier molecular flexibility index (Phi) is 67.6. The van der Waals surface area contributed by atoms with Gasteiger partial charge in [-0.2, -0.15) is 0 Å². The van der Waals surface area contributed by atoms with Crippen molar-refractivity contribution in [1.82, 2.24) is 0 Å². The van der Waals surface area contributed by atoms with Crippen LogP contribution in [0.5, 0.6) is 0 Å². The lowest BCUT2D eigenvalue weighted by Gasteiger charge is -2.18. The number of unbranched alkanes of at least 4 members (excludes halogenated alkanes) is 43. The van der Waals surface area contributed by atoms with E-state index >= 15 is 0 Å². The lowest BCUT2D eigenvalue weighted by Crippen LogP contribution is -2.30. The zero-order valence-corrected chi connectivity index (χ0v) is 54.8. The van der Waals surface area contributed by atoms with Gasteiger partial charge in [-0.25, -0.2) is 0 Å². The van der Waals surface area contributed by atoms with E-state index in [1.54, 1.807) is 0 Å². The number of allylic oxidation sites excluding steroid dienone is 12. The van der Waals surface area contributed by atoms with Gasteiger partial charge in [0.25, 0.3) is 0 Å². The number of esters is 3. The average molecular weight is 1150 g/mol. The molecule has 1 atom stereocenters. The van der Waals surface area contributed by atoms with Gasteiger partial charge in [0.05, 0.1) is 0 Å². The molecule has 6 nitrogen and oxygen atoms in total. The molecule has 0 aromatic carbocycles. The molecule has 476 valence electrons. The van der Waals surface area contributed by atoms with E-state index in [4.69, 9.17) is 14.2 Å². The van der Waals surface area contributed by atoms with E-state index in [1.165, 1.54) is 238 Å². The van der Waals surface area contributed by atoms with Crippen LogP contribution < -0.4 is 0 Å². The minimum Gasteiger partial charge on any atom is -0.462 e. The van der Waals surface area contributed by atoms with Crippen LogP contribution in [0.3, 0.4) is 0 Å². The summed E-state index contributed by atoms with van der Waals surface area (Å²) in [7, 11) is 0. The van der Waals surface area contributed by atoms with Crippen LogP contribution in [0, 0.1) is 0 Å². The molecule has 0 heterocycles. The highest BCUT2D eigenvalue weighted by Gasteiger charge is 2.19. The Balaban J connectivity index is 4.05. The first-order valence-electron chi connectivity index (χ1n) is 35.9. The van der Waals surface area contributed by atoms with Crippen molar-refractivity contribution in [3.63, 3.8) is 0 Å². The first-order valence-corrected chi connectivity index (χ1v) is 35.9. The zero-order chi connectivity index (χ0) is 59.2. The van der Waals surface area contributed by atoms with Crippen molar-refractivity contribution in [2.75, 3.05) is 13.2 Å². The summed E-state index contributed by atoms with van der Waals surface area (Å²) in [5.74, 6) is -0.873. The molecule has 0 saturated carbocycles. The summed E-state index contributed by atoms with van der Waals surface area (Å²) >= 11 is 0. The van der Waals surface area contributed by atoms with Gasteiger partial charge in [0, 0.05) is 19.3 Å². The summed E-state index contributed by atoms with van der Waals surface area (Å²) in [5, 5.41) is 0. The van der Waals surface area contributed by atoms with Crippen LogP contribution in [0.15, 0.2) is 72.9 Å². The molecule has 0 spiro atoms. The Morgan fingerprint density at radius 3 is 0.756 bits per heavy atom. The van der Waals surface area contributed by atoms with E-state index < -0.39 is 6.10 Å². The van der Waals surface area contributed by atoms with Crippen molar-refractivity contribution >= 4 is 17.9 Å². The Morgan fingerprint density at radius 2 is 0.476 bits per heavy atom. The molecule has 0 rings (SSSR count). The van der Waals surface area contributed by atoms with Crippen molar-refractivity contribution < 1.29 is 28.6 Å². The molecular formula is C76H136O6. The van der Waals surface area contributed by atoms with E-state index in [9.17, 15) is 14.4 Å². The molecule has 6 heteroatoms. The number of rotatable bonds is 66. The van der Waals surface area contributed by atoms with Gasteiger partial charge in [0.15, 0.2) is 6.10 Å². The maximum absolute atomic E-state index is 12.9. The lowest BCUT2D eigenvalue weighted by atomic mass is 10.0. The number of hydrogen-bond acceptors (Lipinski definition) is 6. The average Bonchev–Trinajstić information content (AvgIpc) is 3.47. The second-order valence-corrected chi connectivity index (χ2v) is 24.1. The third-order valence-electron chi connectivity index (χ3n) is 15.9. The maximum atomic E-state index is 12.9. The molecule has 82 heavy (non-hydrogen) atoms. The van der Waals surface area contributed by atoms with Crippen molar-refractivity contribution in [1.29, 1.82) is 0 Å². The predicted octanol–water partition coefficient (Wildman–Crippen LogP) is 24.8. The molecule has 0 bridgehead atoms. The Morgan fingerprint density at radius 1 is 0.256 bits per heavy atom. The quantitative estimate of drug-likeness (QED) is 0.0261.